The Kier molecular flexibility index (Phi) is 12.2. The highest BCUT2D eigenvalue weighted by atomic mass is 79.9. The number of aliphatic hydroxyl groups is 1. The third-order valence-corrected chi connectivity index (χ3v) is 11.6. The maximum atomic E-state index is 15.1. The quantitative estimate of drug-likeness (QED) is 0.134. The Bertz CT molecular complexity index is 1630. The molecule has 0 radical (unpaired) electrons. The minimum atomic E-state index is -1.37. The number of carbonyl (C=O) groups excluding carboxylic acids is 4. The van der Waals surface area contributed by atoms with Gasteiger partial charge in [0, 0.05) is 23.5 Å². The van der Waals surface area contributed by atoms with Crippen molar-refractivity contribution in [3.63, 3.8) is 0 Å². The Morgan fingerprint density at radius 3 is 2.55 bits per heavy atom. The molecule has 0 aromatic heterocycles. The highest BCUT2D eigenvalue weighted by Gasteiger charge is 2.78. The van der Waals surface area contributed by atoms with E-state index in [1.165, 1.54) is 4.90 Å². The molecule has 274 valence electrons. The predicted molar refractivity (Wildman–Crippen MR) is 199 cm³/mol. The second kappa shape index (κ2) is 16.3. The van der Waals surface area contributed by atoms with Gasteiger partial charge in [-0.2, -0.15) is 0 Å². The summed E-state index contributed by atoms with van der Waals surface area (Å²) in [5.74, 6) is -3.85. The summed E-state index contributed by atoms with van der Waals surface area (Å²) in [6, 6.07) is 13.2. The predicted octanol–water partition coefficient (Wildman–Crippen LogP) is 5.34. The van der Waals surface area contributed by atoms with E-state index in [2.05, 4.69) is 34.4 Å². The van der Waals surface area contributed by atoms with Gasteiger partial charge in [-0.25, -0.2) is 0 Å². The second-order valence-corrected chi connectivity index (χ2v) is 15.2. The molecule has 3 saturated heterocycles. The number of aryl methyl sites for hydroxylation is 2. The molecule has 10 nitrogen and oxygen atoms in total. The number of nitrogens with zero attached hydrogens (tertiary/aromatic N) is 2. The van der Waals surface area contributed by atoms with E-state index in [1.54, 1.807) is 17.1 Å². The molecule has 1 unspecified atom stereocenters. The molecule has 3 fully saturated rings. The third kappa shape index (κ3) is 7.30. The maximum absolute atomic E-state index is 15.1. The number of benzene rings is 2. The largest absolute Gasteiger partial charge is 0.455 e. The average molecular weight is 765 g/mol. The molecular formula is C40H50BrN3O7. The van der Waals surface area contributed by atoms with Crippen molar-refractivity contribution in [1.29, 1.82) is 0 Å². The van der Waals surface area contributed by atoms with E-state index in [0.29, 0.717) is 30.5 Å². The van der Waals surface area contributed by atoms with Gasteiger partial charge in [-0.1, -0.05) is 90.8 Å². The van der Waals surface area contributed by atoms with Crippen molar-refractivity contribution < 1.29 is 33.8 Å². The molecule has 1 spiro atoms. The first kappa shape index (κ1) is 38.4. The van der Waals surface area contributed by atoms with E-state index < -0.39 is 53.6 Å². The summed E-state index contributed by atoms with van der Waals surface area (Å²) in [6.07, 6.45) is 3.45. The topological polar surface area (TPSA) is 125 Å². The number of halogens is 1. The number of aliphatic hydroxyl groups excluding tert-OH is 1. The van der Waals surface area contributed by atoms with Gasteiger partial charge >= 0.3 is 5.97 Å². The Labute approximate surface area is 309 Å². The minimum absolute atomic E-state index is 0.0334. The van der Waals surface area contributed by atoms with E-state index in [0.717, 1.165) is 11.1 Å². The molecule has 9 atom stereocenters. The van der Waals surface area contributed by atoms with Crippen molar-refractivity contribution in [2.24, 2.45) is 17.8 Å². The van der Waals surface area contributed by atoms with Crippen molar-refractivity contribution in [3.05, 3.63) is 90.5 Å². The minimum Gasteiger partial charge on any atom is -0.455 e. The molecule has 2 aromatic rings. The summed E-state index contributed by atoms with van der Waals surface area (Å²) in [7, 11) is 0. The number of alkyl halides is 1. The summed E-state index contributed by atoms with van der Waals surface area (Å²) in [6.45, 7) is 15.2. The lowest BCUT2D eigenvalue weighted by Gasteiger charge is -2.41. The van der Waals surface area contributed by atoms with Crippen LogP contribution in [0.3, 0.4) is 0 Å². The van der Waals surface area contributed by atoms with E-state index in [1.807, 2.05) is 76.2 Å². The molecule has 3 heterocycles. The smallest absolute Gasteiger partial charge is 0.313 e. The Balaban J connectivity index is 1.55. The van der Waals surface area contributed by atoms with Crippen molar-refractivity contribution in [1.82, 2.24) is 10.2 Å². The first-order valence-electron chi connectivity index (χ1n) is 17.8. The number of anilines is 1. The number of amides is 3. The van der Waals surface area contributed by atoms with Gasteiger partial charge in [0.2, 0.25) is 11.8 Å². The van der Waals surface area contributed by atoms with Crippen LogP contribution in [0.4, 0.5) is 5.69 Å². The van der Waals surface area contributed by atoms with Gasteiger partial charge in [0.25, 0.3) is 5.91 Å². The van der Waals surface area contributed by atoms with Crippen LogP contribution in [-0.4, -0.2) is 82.0 Å². The van der Waals surface area contributed by atoms with Crippen molar-refractivity contribution in [2.75, 3.05) is 24.6 Å². The first-order valence-corrected chi connectivity index (χ1v) is 18.7. The van der Waals surface area contributed by atoms with Gasteiger partial charge < -0.3 is 29.7 Å². The van der Waals surface area contributed by atoms with Crippen molar-refractivity contribution in [3.8, 4) is 0 Å². The summed E-state index contributed by atoms with van der Waals surface area (Å²) in [4.78, 5) is 59.8. The highest BCUT2D eigenvalue weighted by Crippen LogP contribution is 2.61. The maximum Gasteiger partial charge on any atom is 0.313 e. The lowest BCUT2D eigenvalue weighted by Crippen LogP contribution is -2.60. The van der Waals surface area contributed by atoms with Gasteiger partial charge in [0.1, 0.15) is 17.7 Å². The van der Waals surface area contributed by atoms with Crippen LogP contribution in [-0.2, 0) is 28.7 Å². The standard InChI is InChI=1S/C40H50BrN3O7/c1-7-10-16-32(46)42-22-31(27-14-12-11-13-15-27)50-39(49)33-34-37(47)44(30(23-45)25(5)9-3)36(40(34)21-28(41)35(33)51-40)38(48)43(19-8-2)29-20-24(4)17-18-26(29)6/h7-8,11-15,17-18,20,25,28,30-31,33-36,45H,1-2,9-10,16,19,21-23H2,3-6H3,(H,42,46)/t25-,28?,30-,31+,33+,34-,35+,36+,40-/m0/s1. The van der Waals surface area contributed by atoms with Crippen LogP contribution in [0, 0.1) is 31.6 Å². The van der Waals surface area contributed by atoms with Gasteiger partial charge in [-0.3, -0.25) is 19.2 Å². The zero-order valence-corrected chi connectivity index (χ0v) is 31.5. The number of hydrogen-bond donors (Lipinski definition) is 2. The number of allylic oxidation sites excluding steroid dienone is 1. The molecule has 51 heavy (non-hydrogen) atoms. The number of likely N-dealkylation sites (tertiary alicyclic amines) is 1. The molecule has 2 aromatic carbocycles. The number of nitrogens with one attached hydrogen (secondary N) is 1. The first-order chi connectivity index (χ1) is 24.4. The summed E-state index contributed by atoms with van der Waals surface area (Å²) >= 11 is 3.75. The van der Waals surface area contributed by atoms with E-state index in [9.17, 15) is 19.5 Å². The molecule has 3 aliphatic heterocycles. The number of hydrogen-bond acceptors (Lipinski definition) is 7. The van der Waals surface area contributed by atoms with E-state index in [4.69, 9.17) is 9.47 Å². The van der Waals surface area contributed by atoms with Crippen LogP contribution in [0.25, 0.3) is 0 Å². The van der Waals surface area contributed by atoms with Gasteiger partial charge in [0.15, 0.2) is 0 Å². The van der Waals surface area contributed by atoms with Gasteiger partial charge in [0.05, 0.1) is 37.1 Å². The summed E-state index contributed by atoms with van der Waals surface area (Å²) in [5, 5.41) is 13.7. The third-order valence-electron chi connectivity index (χ3n) is 10.8. The number of rotatable bonds is 16. The number of fused-ring (bicyclic) bond motifs is 1. The molecule has 0 saturated carbocycles. The molecular weight excluding hydrogens is 714 g/mol. The lowest BCUT2D eigenvalue weighted by molar-refractivity contribution is -0.161. The molecule has 11 heteroatoms. The van der Waals surface area contributed by atoms with Crippen molar-refractivity contribution >= 4 is 45.3 Å². The Hall–Kier alpha value is -3.80. The summed E-state index contributed by atoms with van der Waals surface area (Å²) < 4.78 is 13.0. The zero-order chi connectivity index (χ0) is 37.0. The van der Waals surface area contributed by atoms with Crippen LogP contribution in [0.15, 0.2) is 73.8 Å². The van der Waals surface area contributed by atoms with Crippen LogP contribution in [0.2, 0.25) is 0 Å². The van der Waals surface area contributed by atoms with Gasteiger partial charge in [-0.15, -0.1) is 13.2 Å². The molecule has 2 bridgehead atoms. The normalized spacial score (nSPS) is 26.6. The van der Waals surface area contributed by atoms with Crippen LogP contribution in [0.5, 0.6) is 0 Å². The second-order valence-electron chi connectivity index (χ2n) is 14.0. The molecule has 3 aliphatic rings. The molecule has 2 N–H and O–H groups in total. The van der Waals surface area contributed by atoms with Gasteiger partial charge in [-0.05, 0) is 55.4 Å². The van der Waals surface area contributed by atoms with Crippen LogP contribution < -0.4 is 10.2 Å². The summed E-state index contributed by atoms with van der Waals surface area (Å²) in [5.41, 5.74) is 1.85. The van der Waals surface area contributed by atoms with Crippen LogP contribution >= 0.6 is 15.9 Å². The molecule has 5 rings (SSSR count). The fourth-order valence-electron chi connectivity index (χ4n) is 8.02. The lowest BCUT2D eigenvalue weighted by atomic mass is 9.70. The average Bonchev–Trinajstić information content (AvgIpc) is 3.72. The Morgan fingerprint density at radius 2 is 1.90 bits per heavy atom. The highest BCUT2D eigenvalue weighted by molar-refractivity contribution is 9.09. The molecule has 3 amide bonds. The van der Waals surface area contributed by atoms with E-state index >= 15 is 4.79 Å². The number of carbonyl (C=O) groups is 4. The number of ether oxygens (including phenoxy) is 2. The fourth-order valence-corrected chi connectivity index (χ4v) is 8.97. The Morgan fingerprint density at radius 1 is 1.18 bits per heavy atom. The monoisotopic (exact) mass is 763 g/mol. The van der Waals surface area contributed by atoms with Crippen LogP contribution in [0.1, 0.15) is 62.3 Å². The van der Waals surface area contributed by atoms with E-state index in [-0.39, 0.29) is 48.7 Å². The number of esters is 1. The van der Waals surface area contributed by atoms with Crippen molar-refractivity contribution in [2.45, 2.75) is 88.1 Å². The fraction of sp³-hybridized carbons (Fsp3) is 0.500. The SMILES string of the molecule is C=CCCC(=O)NC[C@@H](OC(=O)[C@H]1[C@@H]2O[C@@]3(CC2Br)[C@@H]1C(=O)N([C@@H](CO)[C@@H](C)CC)[C@@H]3C(=O)N(CC=C)c1cc(C)ccc1C)c1ccccc1. The zero-order valence-electron chi connectivity index (χ0n) is 29.9. The molecule has 0 aliphatic carbocycles.